The number of hydrogen-bond donors (Lipinski definition) is 0. The molecule has 150 valence electrons. The Morgan fingerprint density at radius 2 is 1.90 bits per heavy atom. The van der Waals surface area contributed by atoms with Crippen molar-refractivity contribution < 1.29 is 4.42 Å². The molecule has 7 heteroatoms. The summed E-state index contributed by atoms with van der Waals surface area (Å²) >= 11 is 12.4. The highest BCUT2D eigenvalue weighted by Gasteiger charge is 2.20. The van der Waals surface area contributed by atoms with Crippen molar-refractivity contribution in [1.29, 1.82) is 0 Å². The van der Waals surface area contributed by atoms with Crippen LogP contribution in [0.4, 0.5) is 0 Å². The Hall–Kier alpha value is -2.73. The average molecular weight is 437 g/mol. The fourth-order valence-corrected chi connectivity index (χ4v) is 4.05. The molecule has 4 heterocycles. The Kier molecular flexibility index (Phi) is 5.25. The van der Waals surface area contributed by atoms with Crippen molar-refractivity contribution in [2.24, 2.45) is 0 Å². The lowest BCUT2D eigenvalue weighted by Gasteiger charge is -2.27. The molecule has 0 fully saturated rings. The van der Waals surface area contributed by atoms with E-state index in [0.29, 0.717) is 16.6 Å². The summed E-state index contributed by atoms with van der Waals surface area (Å²) in [7, 11) is 0. The summed E-state index contributed by atoms with van der Waals surface area (Å²) < 4.78 is 6.05. The molecule has 0 unspecified atom stereocenters. The SMILES string of the molecule is Clc1ccc(Cl)c(-c2ccc(CN3CCc4nc(-c5ccncc5)ncc4C3)o2)c1. The van der Waals surface area contributed by atoms with Crippen LogP contribution in [-0.4, -0.2) is 26.4 Å². The van der Waals surface area contributed by atoms with Gasteiger partial charge in [0.1, 0.15) is 11.5 Å². The zero-order valence-electron chi connectivity index (χ0n) is 16.1. The van der Waals surface area contributed by atoms with Crippen LogP contribution < -0.4 is 0 Å². The first-order valence-electron chi connectivity index (χ1n) is 9.67. The zero-order valence-corrected chi connectivity index (χ0v) is 17.6. The molecule has 30 heavy (non-hydrogen) atoms. The number of fused-ring (bicyclic) bond motifs is 1. The first kappa shape index (κ1) is 19.2. The fourth-order valence-electron chi connectivity index (χ4n) is 3.66. The number of nitrogens with zero attached hydrogens (tertiary/aromatic N) is 4. The van der Waals surface area contributed by atoms with E-state index in [1.165, 1.54) is 0 Å². The number of benzene rings is 1. The van der Waals surface area contributed by atoms with Gasteiger partial charge < -0.3 is 4.42 Å². The molecule has 5 rings (SSSR count). The minimum atomic E-state index is 0.620. The van der Waals surface area contributed by atoms with Gasteiger partial charge in [-0.05, 0) is 42.5 Å². The van der Waals surface area contributed by atoms with Gasteiger partial charge in [0, 0.05) is 59.8 Å². The van der Waals surface area contributed by atoms with Crippen LogP contribution in [0.2, 0.25) is 10.0 Å². The summed E-state index contributed by atoms with van der Waals surface area (Å²) in [5, 5.41) is 1.25. The fraction of sp³-hybridized carbons (Fsp3) is 0.174. The first-order valence-corrected chi connectivity index (χ1v) is 10.4. The van der Waals surface area contributed by atoms with Crippen molar-refractivity contribution in [3.05, 3.63) is 88.1 Å². The van der Waals surface area contributed by atoms with E-state index in [9.17, 15) is 0 Å². The molecule has 0 aliphatic carbocycles. The largest absolute Gasteiger partial charge is 0.460 e. The van der Waals surface area contributed by atoms with Crippen LogP contribution in [0, 0.1) is 0 Å². The van der Waals surface area contributed by atoms with Crippen LogP contribution in [-0.2, 0) is 19.5 Å². The van der Waals surface area contributed by atoms with Gasteiger partial charge in [-0.1, -0.05) is 23.2 Å². The molecule has 5 nitrogen and oxygen atoms in total. The van der Waals surface area contributed by atoms with Crippen LogP contribution >= 0.6 is 23.2 Å². The Labute approximate surface area is 184 Å². The molecule has 0 N–H and O–H groups in total. The predicted octanol–water partition coefficient (Wildman–Crippen LogP) is 5.66. The van der Waals surface area contributed by atoms with Crippen LogP contribution in [0.25, 0.3) is 22.7 Å². The lowest BCUT2D eigenvalue weighted by molar-refractivity contribution is 0.224. The molecular weight excluding hydrogens is 419 g/mol. The molecule has 0 atom stereocenters. The second-order valence-corrected chi connectivity index (χ2v) is 8.10. The van der Waals surface area contributed by atoms with Gasteiger partial charge in [0.05, 0.1) is 17.3 Å². The number of pyridine rings is 1. The van der Waals surface area contributed by atoms with Crippen LogP contribution in [0.3, 0.4) is 0 Å². The molecule has 0 saturated carbocycles. The average Bonchev–Trinajstić information content (AvgIpc) is 3.24. The van der Waals surface area contributed by atoms with Gasteiger partial charge in [0.2, 0.25) is 0 Å². The molecule has 1 aromatic carbocycles. The molecule has 1 aliphatic rings. The summed E-state index contributed by atoms with van der Waals surface area (Å²) in [6, 6.07) is 13.2. The third-order valence-electron chi connectivity index (χ3n) is 5.19. The molecule has 1 aliphatic heterocycles. The number of rotatable bonds is 4. The second-order valence-electron chi connectivity index (χ2n) is 7.25. The zero-order chi connectivity index (χ0) is 20.5. The monoisotopic (exact) mass is 436 g/mol. The van der Waals surface area contributed by atoms with Crippen molar-refractivity contribution in [3.63, 3.8) is 0 Å². The van der Waals surface area contributed by atoms with Crippen molar-refractivity contribution in [2.45, 2.75) is 19.5 Å². The minimum absolute atomic E-state index is 0.620. The van der Waals surface area contributed by atoms with Gasteiger partial charge in [-0.25, -0.2) is 9.97 Å². The lowest BCUT2D eigenvalue weighted by atomic mass is 10.1. The molecule has 0 bridgehead atoms. The van der Waals surface area contributed by atoms with Gasteiger partial charge in [-0.15, -0.1) is 0 Å². The molecule has 0 spiro atoms. The minimum Gasteiger partial charge on any atom is -0.460 e. The quantitative estimate of drug-likeness (QED) is 0.412. The Bertz CT molecular complexity index is 1190. The number of furan rings is 1. The highest BCUT2D eigenvalue weighted by atomic mass is 35.5. The van der Waals surface area contributed by atoms with Crippen molar-refractivity contribution in [3.8, 4) is 22.7 Å². The van der Waals surface area contributed by atoms with Crippen LogP contribution in [0.5, 0.6) is 0 Å². The second kappa shape index (κ2) is 8.19. The Morgan fingerprint density at radius 1 is 1.03 bits per heavy atom. The van der Waals surface area contributed by atoms with Gasteiger partial charge in [-0.2, -0.15) is 0 Å². The van der Waals surface area contributed by atoms with E-state index in [2.05, 4.69) is 14.9 Å². The number of aromatic nitrogens is 3. The van der Waals surface area contributed by atoms with Crippen molar-refractivity contribution >= 4 is 23.2 Å². The maximum absolute atomic E-state index is 6.30. The van der Waals surface area contributed by atoms with E-state index < -0.39 is 0 Å². The molecular formula is C23H18Cl2N4O. The Morgan fingerprint density at radius 3 is 2.77 bits per heavy atom. The summed E-state index contributed by atoms with van der Waals surface area (Å²) in [5.74, 6) is 2.36. The van der Waals surface area contributed by atoms with Crippen LogP contribution in [0.1, 0.15) is 17.0 Å². The van der Waals surface area contributed by atoms with E-state index in [0.717, 1.165) is 59.2 Å². The predicted molar refractivity (Wildman–Crippen MR) is 117 cm³/mol. The first-order chi connectivity index (χ1) is 14.7. The third-order valence-corrected chi connectivity index (χ3v) is 5.75. The van der Waals surface area contributed by atoms with Gasteiger partial charge in [0.25, 0.3) is 0 Å². The molecule has 4 aromatic rings. The van der Waals surface area contributed by atoms with E-state index in [4.69, 9.17) is 32.6 Å². The summed E-state index contributed by atoms with van der Waals surface area (Å²) in [5.41, 5.74) is 4.05. The summed E-state index contributed by atoms with van der Waals surface area (Å²) in [6.45, 7) is 2.41. The Balaban J connectivity index is 1.30. The number of hydrogen-bond acceptors (Lipinski definition) is 5. The normalized spacial score (nSPS) is 13.9. The van der Waals surface area contributed by atoms with E-state index in [-0.39, 0.29) is 0 Å². The van der Waals surface area contributed by atoms with Crippen molar-refractivity contribution in [1.82, 2.24) is 19.9 Å². The highest BCUT2D eigenvalue weighted by Crippen LogP contribution is 2.32. The van der Waals surface area contributed by atoms with Crippen molar-refractivity contribution in [2.75, 3.05) is 6.54 Å². The molecule has 0 amide bonds. The maximum atomic E-state index is 6.30. The van der Waals surface area contributed by atoms with Gasteiger partial charge in [0.15, 0.2) is 5.82 Å². The van der Waals surface area contributed by atoms with E-state index >= 15 is 0 Å². The van der Waals surface area contributed by atoms with E-state index in [1.54, 1.807) is 24.5 Å². The molecule has 0 saturated heterocycles. The summed E-state index contributed by atoms with van der Waals surface area (Å²) in [4.78, 5) is 15.7. The highest BCUT2D eigenvalue weighted by molar-refractivity contribution is 6.35. The molecule has 0 radical (unpaired) electrons. The standard InChI is InChI=1S/C23H18Cl2N4O/c24-17-1-3-20(25)19(11-17)22-4-2-18(30-22)14-29-10-7-21-16(13-29)12-27-23(28-21)15-5-8-26-9-6-15/h1-6,8-9,11-12H,7,10,13-14H2. The summed E-state index contributed by atoms with van der Waals surface area (Å²) in [6.07, 6.45) is 6.33. The van der Waals surface area contributed by atoms with E-state index in [1.807, 2.05) is 36.5 Å². The smallest absolute Gasteiger partial charge is 0.159 e. The van der Waals surface area contributed by atoms with Crippen LogP contribution in [0.15, 0.2) is 65.5 Å². The topological polar surface area (TPSA) is 55.1 Å². The maximum Gasteiger partial charge on any atom is 0.159 e. The van der Waals surface area contributed by atoms with Gasteiger partial charge >= 0.3 is 0 Å². The lowest BCUT2D eigenvalue weighted by Crippen LogP contribution is -2.30. The molecule has 3 aromatic heterocycles. The third kappa shape index (κ3) is 3.97. The number of halogens is 2. The van der Waals surface area contributed by atoms with Gasteiger partial charge in [-0.3, -0.25) is 9.88 Å².